The van der Waals surface area contributed by atoms with Gasteiger partial charge in [0.1, 0.15) is 17.7 Å². The average molecular weight is 261 g/mol. The number of carbonyl (C=O) groups is 1. The molecule has 4 N–H and O–H groups in total. The van der Waals surface area contributed by atoms with Crippen molar-refractivity contribution in [2.45, 2.75) is 19.1 Å². The number of halogens is 2. The average Bonchev–Trinajstić information content (AvgIpc) is 2.32. The Morgan fingerprint density at radius 1 is 1.39 bits per heavy atom. The quantitative estimate of drug-likeness (QED) is 0.542. The van der Waals surface area contributed by atoms with Gasteiger partial charge in [0, 0.05) is 11.6 Å². The summed E-state index contributed by atoms with van der Waals surface area (Å²) < 4.78 is 30.7. The third kappa shape index (κ3) is 2.93. The highest BCUT2D eigenvalue weighted by Gasteiger charge is 2.29. The smallest absolute Gasteiger partial charge is 0.338 e. The molecule has 1 aromatic carbocycles. The number of benzene rings is 1. The number of rotatable bonds is 4. The zero-order valence-electron chi connectivity index (χ0n) is 9.56. The Hall–Kier alpha value is -1.73. The molecule has 0 aliphatic carbocycles. The number of nitrogens with two attached hydrogens (primary N) is 1. The molecule has 0 aliphatic rings. The molecule has 0 spiro atoms. The second kappa shape index (κ2) is 5.74. The Balaban J connectivity index is 3.00. The zero-order chi connectivity index (χ0) is 13.9. The number of nitrogen functional groups attached to an aromatic ring is 1. The van der Waals surface area contributed by atoms with Crippen LogP contribution in [-0.4, -0.2) is 28.9 Å². The lowest BCUT2D eigenvalue weighted by Gasteiger charge is -2.17. The van der Waals surface area contributed by atoms with E-state index in [0.29, 0.717) is 6.07 Å². The number of aliphatic hydroxyl groups is 2. The maximum Gasteiger partial charge on any atom is 0.338 e. The van der Waals surface area contributed by atoms with Gasteiger partial charge in [-0.15, -0.1) is 0 Å². The lowest BCUT2D eigenvalue weighted by atomic mass is 10.0. The van der Waals surface area contributed by atoms with Gasteiger partial charge in [0.15, 0.2) is 6.10 Å². The van der Waals surface area contributed by atoms with E-state index in [9.17, 15) is 23.8 Å². The fourth-order valence-electron chi connectivity index (χ4n) is 1.34. The van der Waals surface area contributed by atoms with E-state index in [1.165, 1.54) is 6.92 Å². The summed E-state index contributed by atoms with van der Waals surface area (Å²) in [7, 11) is 0. The summed E-state index contributed by atoms with van der Waals surface area (Å²) >= 11 is 0. The number of hydrogen-bond acceptors (Lipinski definition) is 5. The highest BCUT2D eigenvalue weighted by atomic mass is 19.1. The van der Waals surface area contributed by atoms with Gasteiger partial charge in [-0.3, -0.25) is 0 Å². The van der Waals surface area contributed by atoms with Crippen LogP contribution in [-0.2, 0) is 9.53 Å². The van der Waals surface area contributed by atoms with Crippen molar-refractivity contribution in [3.63, 3.8) is 0 Å². The molecule has 0 amide bonds. The van der Waals surface area contributed by atoms with E-state index in [0.717, 1.165) is 6.07 Å². The van der Waals surface area contributed by atoms with E-state index in [2.05, 4.69) is 4.74 Å². The summed E-state index contributed by atoms with van der Waals surface area (Å²) in [6.45, 7) is 1.50. The summed E-state index contributed by atoms with van der Waals surface area (Å²) in [5.74, 6) is -3.21. The topological polar surface area (TPSA) is 92.8 Å². The van der Waals surface area contributed by atoms with Crippen molar-refractivity contribution in [2.24, 2.45) is 0 Å². The fraction of sp³-hybridized carbons (Fsp3) is 0.364. The minimum atomic E-state index is -1.97. The molecule has 7 heteroatoms. The molecule has 18 heavy (non-hydrogen) atoms. The highest BCUT2D eigenvalue weighted by Crippen LogP contribution is 2.25. The molecule has 0 heterocycles. The Kier molecular flexibility index (Phi) is 4.57. The third-order valence-electron chi connectivity index (χ3n) is 2.26. The van der Waals surface area contributed by atoms with Crippen LogP contribution in [0.5, 0.6) is 0 Å². The lowest BCUT2D eigenvalue weighted by molar-refractivity contribution is -0.159. The summed E-state index contributed by atoms with van der Waals surface area (Å²) in [5.41, 5.74) is 4.33. The Morgan fingerprint density at radius 2 is 2.00 bits per heavy atom. The first-order chi connectivity index (χ1) is 8.38. The van der Waals surface area contributed by atoms with Crippen molar-refractivity contribution < 1.29 is 28.5 Å². The first kappa shape index (κ1) is 14.3. The Labute approximate surface area is 102 Å². The van der Waals surface area contributed by atoms with E-state index in [4.69, 9.17) is 5.73 Å². The number of esters is 1. The summed E-state index contributed by atoms with van der Waals surface area (Å²) in [6, 6.07) is 1.28. The van der Waals surface area contributed by atoms with E-state index in [1.807, 2.05) is 0 Å². The van der Waals surface area contributed by atoms with Gasteiger partial charge in [-0.05, 0) is 13.0 Å². The third-order valence-corrected chi connectivity index (χ3v) is 2.26. The number of aliphatic hydroxyl groups excluding tert-OH is 2. The van der Waals surface area contributed by atoms with Crippen LogP contribution in [0.25, 0.3) is 0 Å². The predicted molar refractivity (Wildman–Crippen MR) is 58.4 cm³/mol. The molecule has 1 rings (SSSR count). The van der Waals surface area contributed by atoms with Crippen LogP contribution in [0, 0.1) is 11.6 Å². The predicted octanol–water partition coefficient (Wildman–Crippen LogP) is 0.504. The first-order valence-corrected chi connectivity index (χ1v) is 5.15. The largest absolute Gasteiger partial charge is 0.464 e. The van der Waals surface area contributed by atoms with Crippen LogP contribution in [0.2, 0.25) is 0 Å². The number of hydrogen-bond donors (Lipinski definition) is 3. The number of ether oxygens (including phenoxy) is 1. The van der Waals surface area contributed by atoms with Gasteiger partial charge < -0.3 is 20.7 Å². The Bertz CT molecular complexity index is 453. The van der Waals surface area contributed by atoms with Crippen LogP contribution in [0.4, 0.5) is 14.5 Å². The minimum absolute atomic E-state index is 0.00332. The van der Waals surface area contributed by atoms with Crippen molar-refractivity contribution in [2.75, 3.05) is 12.3 Å². The van der Waals surface area contributed by atoms with Gasteiger partial charge in [0.2, 0.25) is 0 Å². The maximum absolute atomic E-state index is 13.4. The van der Waals surface area contributed by atoms with E-state index < -0.39 is 41.1 Å². The first-order valence-electron chi connectivity index (χ1n) is 5.15. The molecule has 0 saturated carbocycles. The number of anilines is 1. The second-order valence-corrected chi connectivity index (χ2v) is 3.54. The second-order valence-electron chi connectivity index (χ2n) is 3.54. The normalized spacial score (nSPS) is 14.1. The highest BCUT2D eigenvalue weighted by molar-refractivity contribution is 5.75. The molecular formula is C11H13F2NO4. The molecule has 0 saturated heterocycles. The summed E-state index contributed by atoms with van der Waals surface area (Å²) in [6.07, 6.45) is -3.85. The van der Waals surface area contributed by atoms with Crippen molar-refractivity contribution in [1.82, 2.24) is 0 Å². The molecule has 100 valence electrons. The van der Waals surface area contributed by atoms with Crippen LogP contribution < -0.4 is 5.73 Å². The van der Waals surface area contributed by atoms with Crippen LogP contribution in [0.1, 0.15) is 18.6 Å². The summed E-state index contributed by atoms with van der Waals surface area (Å²) in [4.78, 5) is 11.2. The molecule has 2 atom stereocenters. The van der Waals surface area contributed by atoms with Crippen molar-refractivity contribution in [1.29, 1.82) is 0 Å². The number of carbonyl (C=O) groups excluding carboxylic acids is 1. The van der Waals surface area contributed by atoms with Gasteiger partial charge in [-0.1, -0.05) is 0 Å². The van der Waals surface area contributed by atoms with Gasteiger partial charge >= 0.3 is 5.97 Å². The van der Waals surface area contributed by atoms with Crippen LogP contribution >= 0.6 is 0 Å². The standard InChI is InChI=1S/C11H13F2NO4/c1-2-18-11(17)10(16)9(15)5-3-8(14)7(13)4-6(5)12/h3-4,9-10,15-16H,2,14H2,1H3. The lowest BCUT2D eigenvalue weighted by Crippen LogP contribution is -2.30. The van der Waals surface area contributed by atoms with E-state index >= 15 is 0 Å². The van der Waals surface area contributed by atoms with Gasteiger partial charge in [-0.2, -0.15) is 0 Å². The van der Waals surface area contributed by atoms with E-state index in [1.54, 1.807) is 0 Å². The van der Waals surface area contributed by atoms with Gasteiger partial charge in [0.25, 0.3) is 0 Å². The molecular weight excluding hydrogens is 248 g/mol. The van der Waals surface area contributed by atoms with Crippen LogP contribution in [0.15, 0.2) is 12.1 Å². The van der Waals surface area contributed by atoms with Gasteiger partial charge in [0.05, 0.1) is 12.3 Å². The SMILES string of the molecule is CCOC(=O)C(O)C(O)c1cc(N)c(F)cc1F. The van der Waals surface area contributed by atoms with Gasteiger partial charge in [-0.25, -0.2) is 13.6 Å². The molecule has 1 aromatic rings. The zero-order valence-corrected chi connectivity index (χ0v) is 9.56. The molecule has 0 fully saturated rings. The summed E-state index contributed by atoms with van der Waals surface area (Å²) in [5, 5.41) is 19.0. The molecule has 0 aliphatic heterocycles. The molecule has 0 aromatic heterocycles. The maximum atomic E-state index is 13.4. The Morgan fingerprint density at radius 3 is 2.56 bits per heavy atom. The van der Waals surface area contributed by atoms with E-state index in [-0.39, 0.29) is 6.61 Å². The monoisotopic (exact) mass is 261 g/mol. The molecule has 0 bridgehead atoms. The van der Waals surface area contributed by atoms with Crippen LogP contribution in [0.3, 0.4) is 0 Å². The van der Waals surface area contributed by atoms with Crippen molar-refractivity contribution in [3.05, 3.63) is 29.3 Å². The molecule has 0 radical (unpaired) electrons. The molecule has 2 unspecified atom stereocenters. The fourth-order valence-corrected chi connectivity index (χ4v) is 1.34. The van der Waals surface area contributed by atoms with Crippen molar-refractivity contribution in [3.8, 4) is 0 Å². The molecule has 5 nitrogen and oxygen atoms in total. The minimum Gasteiger partial charge on any atom is -0.464 e. The van der Waals surface area contributed by atoms with Crippen molar-refractivity contribution >= 4 is 11.7 Å².